The van der Waals surface area contributed by atoms with Crippen LogP contribution in [0.25, 0.3) is 0 Å². The van der Waals surface area contributed by atoms with Crippen molar-refractivity contribution < 1.29 is 31.8 Å². The summed E-state index contributed by atoms with van der Waals surface area (Å²) in [5.74, 6) is -0.877. The molecule has 1 fully saturated rings. The van der Waals surface area contributed by atoms with E-state index < -0.39 is 16.1 Å². The molecule has 0 bridgehead atoms. The lowest BCUT2D eigenvalue weighted by Gasteiger charge is -2.19. The molecule has 0 radical (unpaired) electrons. The molecule has 3 rings (SSSR count). The second-order valence-corrected chi connectivity index (χ2v) is 9.34. The minimum absolute atomic E-state index is 0.0886. The van der Waals surface area contributed by atoms with Gasteiger partial charge in [-0.25, -0.2) is 4.72 Å². The van der Waals surface area contributed by atoms with Crippen molar-refractivity contribution in [1.82, 2.24) is 14.0 Å². The number of ether oxygens (including phenoxy) is 3. The Morgan fingerprint density at radius 2 is 2.09 bits per heavy atom. The summed E-state index contributed by atoms with van der Waals surface area (Å²) in [7, 11) is -2.49. The van der Waals surface area contributed by atoms with Crippen LogP contribution in [0, 0.1) is 13.8 Å². The number of aromatic nitrogens is 1. The van der Waals surface area contributed by atoms with Gasteiger partial charge in [0, 0.05) is 25.9 Å². The number of rotatable bonds is 10. The molecule has 0 saturated carbocycles. The Bertz CT molecular complexity index is 1040. The van der Waals surface area contributed by atoms with Gasteiger partial charge in [-0.1, -0.05) is 12.1 Å². The van der Waals surface area contributed by atoms with Crippen molar-refractivity contribution in [2.24, 2.45) is 0 Å². The molecule has 0 spiro atoms. The molecular formula is C21H30N4O7S. The summed E-state index contributed by atoms with van der Waals surface area (Å²) in [4.78, 5) is 16.6. The minimum Gasteiger partial charge on any atom is -0.431 e. The Balaban J connectivity index is 1.55. The molecule has 1 aliphatic rings. The molecular weight excluding hydrogens is 452 g/mol. The van der Waals surface area contributed by atoms with E-state index in [9.17, 15) is 13.2 Å². The van der Waals surface area contributed by atoms with E-state index in [-0.39, 0.29) is 37.5 Å². The Hall–Kier alpha value is -2.51. The molecule has 2 N–H and O–H groups in total. The van der Waals surface area contributed by atoms with E-state index in [4.69, 9.17) is 18.6 Å². The molecule has 1 amide bonds. The molecule has 182 valence electrons. The standard InChI is InChI=1S/C21H30N4O7S/c1-15-4-5-16(2)18(12-15)22-21-23-19(14-32-21)20(26)24-33(27,28)25-7-6-17(31-9-8-25)13-30-11-10-29-3/h4-5,12,14,17H,6-11,13H2,1-3H3,(H,22,23)(H,24,26). The zero-order chi connectivity index (χ0) is 23.8. The molecule has 2 aromatic rings. The predicted molar refractivity (Wildman–Crippen MR) is 121 cm³/mol. The molecule has 0 aliphatic carbocycles. The van der Waals surface area contributed by atoms with Crippen LogP contribution < -0.4 is 10.0 Å². The van der Waals surface area contributed by atoms with E-state index in [0.29, 0.717) is 26.2 Å². The second-order valence-electron chi connectivity index (χ2n) is 7.67. The summed E-state index contributed by atoms with van der Waals surface area (Å²) >= 11 is 0. The van der Waals surface area contributed by atoms with Gasteiger partial charge >= 0.3 is 10.2 Å². The summed E-state index contributed by atoms with van der Waals surface area (Å²) < 4.78 is 50.0. The van der Waals surface area contributed by atoms with Gasteiger partial charge in [0.2, 0.25) is 0 Å². The van der Waals surface area contributed by atoms with E-state index in [1.54, 1.807) is 7.11 Å². The maximum absolute atomic E-state index is 12.7. The molecule has 11 nitrogen and oxygen atoms in total. The van der Waals surface area contributed by atoms with Crippen LogP contribution >= 0.6 is 0 Å². The lowest BCUT2D eigenvalue weighted by atomic mass is 10.1. The van der Waals surface area contributed by atoms with Gasteiger partial charge in [-0.3, -0.25) is 4.79 Å². The Kier molecular flexibility index (Phi) is 8.80. The first-order chi connectivity index (χ1) is 15.8. The number of carbonyl (C=O) groups excluding carboxylic acids is 1. The van der Waals surface area contributed by atoms with Gasteiger partial charge in [-0.15, -0.1) is 0 Å². The van der Waals surface area contributed by atoms with Gasteiger partial charge in [0.1, 0.15) is 6.26 Å². The van der Waals surface area contributed by atoms with E-state index in [1.807, 2.05) is 36.8 Å². The Labute approximate surface area is 193 Å². The molecule has 1 aromatic heterocycles. The van der Waals surface area contributed by atoms with E-state index in [0.717, 1.165) is 23.1 Å². The van der Waals surface area contributed by atoms with Gasteiger partial charge in [0.25, 0.3) is 11.9 Å². The lowest BCUT2D eigenvalue weighted by molar-refractivity contribution is -0.0218. The molecule has 1 unspecified atom stereocenters. The van der Waals surface area contributed by atoms with Crippen LogP contribution in [0.1, 0.15) is 28.0 Å². The Morgan fingerprint density at radius 3 is 2.88 bits per heavy atom. The van der Waals surface area contributed by atoms with Crippen LogP contribution in [0.5, 0.6) is 0 Å². The molecule has 33 heavy (non-hydrogen) atoms. The third kappa shape index (κ3) is 7.24. The average Bonchev–Trinajstić information content (AvgIpc) is 3.10. The fraction of sp³-hybridized carbons (Fsp3) is 0.524. The molecule has 1 aliphatic heterocycles. The van der Waals surface area contributed by atoms with Gasteiger partial charge in [0.05, 0.1) is 32.5 Å². The topological polar surface area (TPSA) is 132 Å². The average molecular weight is 483 g/mol. The highest BCUT2D eigenvalue weighted by atomic mass is 32.2. The number of hydrogen-bond acceptors (Lipinski definition) is 9. The predicted octanol–water partition coefficient (Wildman–Crippen LogP) is 1.76. The number of carbonyl (C=O) groups is 1. The smallest absolute Gasteiger partial charge is 0.304 e. The summed E-state index contributed by atoms with van der Waals surface area (Å²) in [5, 5.41) is 3.00. The lowest BCUT2D eigenvalue weighted by Crippen LogP contribution is -2.44. The number of anilines is 2. The van der Waals surface area contributed by atoms with Crippen molar-refractivity contribution in [1.29, 1.82) is 0 Å². The van der Waals surface area contributed by atoms with Crippen LogP contribution in [0.15, 0.2) is 28.9 Å². The fourth-order valence-electron chi connectivity index (χ4n) is 3.19. The van der Waals surface area contributed by atoms with Gasteiger partial charge in [-0.05, 0) is 37.5 Å². The highest BCUT2D eigenvalue weighted by Gasteiger charge is 2.29. The summed E-state index contributed by atoms with van der Waals surface area (Å²) in [5.41, 5.74) is 2.64. The van der Waals surface area contributed by atoms with Gasteiger partial charge < -0.3 is 23.9 Å². The minimum atomic E-state index is -4.08. The summed E-state index contributed by atoms with van der Waals surface area (Å²) in [6.45, 7) is 5.64. The molecule has 1 aromatic carbocycles. The van der Waals surface area contributed by atoms with E-state index in [1.165, 1.54) is 4.31 Å². The highest BCUT2D eigenvalue weighted by molar-refractivity contribution is 7.87. The summed E-state index contributed by atoms with van der Waals surface area (Å²) in [6, 6.07) is 5.93. The zero-order valence-corrected chi connectivity index (χ0v) is 19.8. The fourth-order valence-corrected chi connectivity index (χ4v) is 4.32. The number of aryl methyl sites for hydroxylation is 2. The monoisotopic (exact) mass is 482 g/mol. The van der Waals surface area contributed by atoms with Crippen molar-refractivity contribution in [2.45, 2.75) is 26.4 Å². The van der Waals surface area contributed by atoms with Gasteiger partial charge in [-0.2, -0.15) is 17.7 Å². The number of nitrogens with one attached hydrogen (secondary N) is 2. The highest BCUT2D eigenvalue weighted by Crippen LogP contribution is 2.21. The first kappa shape index (κ1) is 25.1. The first-order valence-electron chi connectivity index (χ1n) is 10.6. The van der Waals surface area contributed by atoms with E-state index in [2.05, 4.69) is 10.3 Å². The Morgan fingerprint density at radius 1 is 1.27 bits per heavy atom. The van der Waals surface area contributed by atoms with Crippen LogP contribution in [-0.4, -0.2) is 76.3 Å². The van der Waals surface area contributed by atoms with Crippen molar-refractivity contribution in [3.63, 3.8) is 0 Å². The normalized spacial score (nSPS) is 17.5. The first-order valence-corrected chi connectivity index (χ1v) is 12.0. The molecule has 1 saturated heterocycles. The SMILES string of the molecule is COCCOCC1CCN(S(=O)(=O)NC(=O)c2coc(Nc3cc(C)ccc3C)n2)CCO1. The van der Waals surface area contributed by atoms with Gasteiger partial charge in [0.15, 0.2) is 5.69 Å². The number of methoxy groups -OCH3 is 1. The van der Waals surface area contributed by atoms with E-state index >= 15 is 0 Å². The zero-order valence-electron chi connectivity index (χ0n) is 19.0. The molecule has 2 heterocycles. The molecule has 12 heteroatoms. The summed E-state index contributed by atoms with van der Waals surface area (Å²) in [6.07, 6.45) is 1.32. The number of nitrogens with zero attached hydrogens (tertiary/aromatic N) is 2. The molecule has 1 atom stereocenters. The number of hydrogen-bond donors (Lipinski definition) is 2. The van der Waals surface area contributed by atoms with Crippen molar-refractivity contribution in [2.75, 3.05) is 51.9 Å². The van der Waals surface area contributed by atoms with Crippen molar-refractivity contribution in [3.8, 4) is 0 Å². The second kappa shape index (κ2) is 11.6. The number of benzene rings is 1. The maximum Gasteiger partial charge on any atom is 0.304 e. The quantitative estimate of drug-likeness (QED) is 0.486. The van der Waals surface area contributed by atoms with Crippen LogP contribution in [0.3, 0.4) is 0 Å². The maximum atomic E-state index is 12.7. The largest absolute Gasteiger partial charge is 0.431 e. The third-order valence-corrected chi connectivity index (χ3v) is 6.55. The number of amides is 1. The van der Waals surface area contributed by atoms with Crippen molar-refractivity contribution in [3.05, 3.63) is 41.3 Å². The van der Waals surface area contributed by atoms with Crippen LogP contribution in [0.4, 0.5) is 11.7 Å². The van der Waals surface area contributed by atoms with Crippen molar-refractivity contribution >= 4 is 27.8 Å². The van der Waals surface area contributed by atoms with Crippen LogP contribution in [-0.2, 0) is 24.4 Å². The third-order valence-electron chi connectivity index (χ3n) is 5.06. The van der Waals surface area contributed by atoms with Crippen LogP contribution in [0.2, 0.25) is 0 Å². The number of oxazole rings is 1.